The zero-order chi connectivity index (χ0) is 24.8. The van der Waals surface area contributed by atoms with Gasteiger partial charge in [-0.15, -0.1) is 24.5 Å². The Morgan fingerprint density at radius 3 is 2.35 bits per heavy atom. The van der Waals surface area contributed by atoms with E-state index in [2.05, 4.69) is 14.8 Å². The van der Waals surface area contributed by atoms with Gasteiger partial charge >= 0.3 is 12.5 Å². The molecule has 3 heterocycles. The van der Waals surface area contributed by atoms with Crippen molar-refractivity contribution in [1.29, 1.82) is 0 Å². The minimum Gasteiger partial charge on any atom is -0.406 e. The third-order valence-corrected chi connectivity index (χ3v) is 5.80. The molecule has 3 aromatic heterocycles. The van der Waals surface area contributed by atoms with E-state index in [1.54, 1.807) is 17.5 Å². The second kappa shape index (κ2) is 8.47. The Bertz CT molecular complexity index is 1350. The van der Waals surface area contributed by atoms with Crippen molar-refractivity contribution in [2.24, 2.45) is 0 Å². The van der Waals surface area contributed by atoms with Crippen molar-refractivity contribution >= 4 is 40.2 Å². The minimum absolute atomic E-state index is 0.00392. The van der Waals surface area contributed by atoms with Crippen LogP contribution in [0.5, 0.6) is 5.75 Å². The van der Waals surface area contributed by atoms with Crippen molar-refractivity contribution in [1.82, 2.24) is 14.6 Å². The highest BCUT2D eigenvalue weighted by Crippen LogP contribution is 2.36. The molecule has 34 heavy (non-hydrogen) atoms. The first-order chi connectivity index (χ1) is 15.8. The lowest BCUT2D eigenvalue weighted by molar-refractivity contribution is -0.274. The van der Waals surface area contributed by atoms with Crippen LogP contribution in [0.4, 0.5) is 32.0 Å². The number of thiophene rings is 1. The van der Waals surface area contributed by atoms with Crippen LogP contribution in [-0.2, 0) is 6.18 Å². The van der Waals surface area contributed by atoms with Crippen LogP contribution in [0.3, 0.4) is 0 Å². The first-order valence-electron chi connectivity index (χ1n) is 9.19. The Kier molecular flexibility index (Phi) is 5.94. The number of carbonyl (C=O) groups is 1. The van der Waals surface area contributed by atoms with Crippen molar-refractivity contribution in [2.75, 3.05) is 11.9 Å². The van der Waals surface area contributed by atoms with Gasteiger partial charge in [0.15, 0.2) is 17.0 Å². The Balaban J connectivity index is 1.74. The van der Waals surface area contributed by atoms with E-state index in [1.807, 2.05) is 0 Å². The smallest absolute Gasteiger partial charge is 0.406 e. The van der Waals surface area contributed by atoms with Crippen molar-refractivity contribution < 1.29 is 35.9 Å². The molecule has 0 bridgehead atoms. The largest absolute Gasteiger partial charge is 0.573 e. The molecule has 4 aromatic rings. The van der Waals surface area contributed by atoms with Gasteiger partial charge in [-0.25, -0.2) is 9.50 Å². The van der Waals surface area contributed by atoms with E-state index in [1.165, 1.54) is 18.4 Å². The standard InChI is InChI=1S/C20H11ClF6N4O2S/c1-30(10-4-6-11(7-5-10)33-20(25,26)27)18(32)16-15(21)17-28-12(13-3-2-8-34-13)9-14(19(22,23)24)31(17)29-16/h2-9H,1H3. The summed E-state index contributed by atoms with van der Waals surface area (Å²) in [5, 5.41) is 5.02. The van der Waals surface area contributed by atoms with Crippen LogP contribution in [0.25, 0.3) is 16.2 Å². The molecule has 0 unspecified atom stereocenters. The van der Waals surface area contributed by atoms with Crippen LogP contribution in [0.1, 0.15) is 16.2 Å². The van der Waals surface area contributed by atoms with Gasteiger partial charge in [0, 0.05) is 12.7 Å². The molecule has 0 aliphatic rings. The van der Waals surface area contributed by atoms with Crippen LogP contribution in [0.2, 0.25) is 5.02 Å². The van der Waals surface area contributed by atoms with Crippen LogP contribution in [0.15, 0.2) is 47.8 Å². The number of hydrogen-bond acceptors (Lipinski definition) is 5. The molecule has 1 aromatic carbocycles. The fourth-order valence-electron chi connectivity index (χ4n) is 3.03. The SMILES string of the molecule is CN(C(=O)c1nn2c(C(F)(F)F)cc(-c3cccs3)nc2c1Cl)c1ccc(OC(F)(F)F)cc1. The topological polar surface area (TPSA) is 59.7 Å². The third kappa shape index (κ3) is 4.66. The number of fused-ring (bicyclic) bond motifs is 1. The summed E-state index contributed by atoms with van der Waals surface area (Å²) >= 11 is 7.41. The highest BCUT2D eigenvalue weighted by molar-refractivity contribution is 7.13. The van der Waals surface area contributed by atoms with Crippen molar-refractivity contribution in [3.05, 3.63) is 64.3 Å². The molecule has 0 radical (unpaired) electrons. The number of anilines is 1. The van der Waals surface area contributed by atoms with Crippen LogP contribution >= 0.6 is 22.9 Å². The van der Waals surface area contributed by atoms with E-state index < -0.39 is 40.6 Å². The van der Waals surface area contributed by atoms with E-state index in [0.29, 0.717) is 9.39 Å². The van der Waals surface area contributed by atoms with Gasteiger partial charge in [-0.05, 0) is 41.8 Å². The Morgan fingerprint density at radius 1 is 1.12 bits per heavy atom. The predicted octanol–water partition coefficient (Wildman–Crippen LogP) is 6.31. The van der Waals surface area contributed by atoms with Crippen molar-refractivity contribution in [3.8, 4) is 16.3 Å². The average molecular weight is 521 g/mol. The maximum absolute atomic E-state index is 13.7. The van der Waals surface area contributed by atoms with Gasteiger partial charge in [-0.1, -0.05) is 17.7 Å². The number of carbonyl (C=O) groups excluding carboxylic acids is 1. The quantitative estimate of drug-likeness (QED) is 0.296. The number of halogens is 7. The molecule has 0 spiro atoms. The minimum atomic E-state index is -4.89. The van der Waals surface area contributed by atoms with Crippen LogP contribution < -0.4 is 9.64 Å². The molecule has 0 saturated heterocycles. The number of ether oxygens (including phenoxy) is 1. The molecule has 1 amide bonds. The molecule has 0 aliphatic heterocycles. The number of nitrogens with zero attached hydrogens (tertiary/aromatic N) is 4. The zero-order valence-corrected chi connectivity index (χ0v) is 18.4. The lowest BCUT2D eigenvalue weighted by Gasteiger charge is -2.17. The summed E-state index contributed by atoms with van der Waals surface area (Å²) in [6.45, 7) is 0. The molecular weight excluding hydrogens is 510 g/mol. The highest BCUT2D eigenvalue weighted by atomic mass is 35.5. The number of alkyl halides is 6. The average Bonchev–Trinajstić information content (AvgIpc) is 3.39. The van der Waals surface area contributed by atoms with Crippen molar-refractivity contribution in [3.63, 3.8) is 0 Å². The van der Waals surface area contributed by atoms with Crippen molar-refractivity contribution in [2.45, 2.75) is 12.5 Å². The van der Waals surface area contributed by atoms with Gasteiger partial charge in [0.1, 0.15) is 10.8 Å². The fourth-order valence-corrected chi connectivity index (χ4v) is 3.96. The summed E-state index contributed by atoms with van der Waals surface area (Å²) in [4.78, 5) is 18.6. The lowest BCUT2D eigenvalue weighted by atomic mass is 10.2. The zero-order valence-electron chi connectivity index (χ0n) is 16.8. The van der Waals surface area contributed by atoms with Gasteiger partial charge in [-0.2, -0.15) is 18.3 Å². The Morgan fingerprint density at radius 2 is 1.79 bits per heavy atom. The van der Waals surface area contributed by atoms with Gasteiger partial charge in [0.2, 0.25) is 0 Å². The molecule has 178 valence electrons. The molecule has 0 saturated carbocycles. The number of amides is 1. The molecule has 14 heteroatoms. The maximum Gasteiger partial charge on any atom is 0.573 e. The normalized spacial score (nSPS) is 12.2. The van der Waals surface area contributed by atoms with E-state index in [-0.39, 0.29) is 17.0 Å². The molecule has 6 nitrogen and oxygen atoms in total. The first-order valence-corrected chi connectivity index (χ1v) is 10.4. The second-order valence-electron chi connectivity index (χ2n) is 6.81. The monoisotopic (exact) mass is 520 g/mol. The van der Waals surface area contributed by atoms with Crippen LogP contribution in [-0.4, -0.2) is 33.9 Å². The maximum atomic E-state index is 13.7. The van der Waals surface area contributed by atoms with Crippen LogP contribution in [0, 0.1) is 0 Å². The molecule has 0 atom stereocenters. The summed E-state index contributed by atoms with van der Waals surface area (Å²) in [6.07, 6.45) is -9.72. The van der Waals surface area contributed by atoms with E-state index in [0.717, 1.165) is 35.2 Å². The molecule has 0 fully saturated rings. The summed E-state index contributed by atoms with van der Waals surface area (Å²) in [6, 6.07) is 8.32. The number of benzene rings is 1. The number of rotatable bonds is 4. The summed E-state index contributed by atoms with van der Waals surface area (Å²) in [5.41, 5.74) is -1.94. The van der Waals surface area contributed by atoms with Gasteiger partial charge in [0.05, 0.1) is 10.6 Å². The molecular formula is C20H11ClF6N4O2S. The van der Waals surface area contributed by atoms with E-state index in [9.17, 15) is 31.1 Å². The lowest BCUT2D eigenvalue weighted by Crippen LogP contribution is -2.27. The van der Waals surface area contributed by atoms with Gasteiger partial charge in [-0.3, -0.25) is 4.79 Å². The number of hydrogen-bond donors (Lipinski definition) is 0. The van der Waals surface area contributed by atoms with Gasteiger partial charge < -0.3 is 9.64 Å². The number of aromatic nitrogens is 3. The van der Waals surface area contributed by atoms with E-state index in [4.69, 9.17) is 11.6 Å². The molecule has 0 N–H and O–H groups in total. The first kappa shape index (κ1) is 23.8. The predicted molar refractivity (Wildman–Crippen MR) is 112 cm³/mol. The second-order valence-corrected chi connectivity index (χ2v) is 8.13. The van der Waals surface area contributed by atoms with E-state index >= 15 is 0 Å². The Labute approximate surface area is 196 Å². The summed E-state index contributed by atoms with van der Waals surface area (Å²) < 4.78 is 82.5. The van der Waals surface area contributed by atoms with Gasteiger partial charge in [0.25, 0.3) is 5.91 Å². The molecule has 4 rings (SSSR count). The highest BCUT2D eigenvalue weighted by Gasteiger charge is 2.37. The summed E-state index contributed by atoms with van der Waals surface area (Å²) in [5.74, 6) is -1.41. The third-order valence-electron chi connectivity index (χ3n) is 4.56. The fraction of sp³-hybridized carbons (Fsp3) is 0.150. The molecule has 0 aliphatic carbocycles. The Hall–Kier alpha value is -3.32. The summed E-state index contributed by atoms with van der Waals surface area (Å²) in [7, 11) is 1.26.